The minimum Gasteiger partial charge on any atom is -0.504 e. The zero-order valence-corrected chi connectivity index (χ0v) is 22.5. The lowest BCUT2D eigenvalue weighted by Gasteiger charge is -2.71. The lowest BCUT2D eigenvalue weighted by molar-refractivity contribution is -0.212. The number of ether oxygens (including phenoxy) is 1. The summed E-state index contributed by atoms with van der Waals surface area (Å²) in [5.41, 5.74) is -0.132. The minimum atomic E-state index is -0.510. The number of phenolic OH excluding ortho intramolecular Hbond substituents is 2. The fraction of sp³-hybridized carbons (Fsp3) is 0.700. The summed E-state index contributed by atoms with van der Waals surface area (Å²) >= 11 is 0. The molecule has 0 radical (unpaired) electrons. The van der Waals surface area contributed by atoms with E-state index in [-0.39, 0.29) is 50.8 Å². The molecular formula is C30H40O6. The van der Waals surface area contributed by atoms with Crippen molar-refractivity contribution >= 4 is 18.0 Å². The van der Waals surface area contributed by atoms with Crippen molar-refractivity contribution in [3.05, 3.63) is 22.8 Å². The normalized spacial score (nSPS) is 43.4. The Labute approximate surface area is 213 Å². The molecule has 5 rings (SSSR count). The number of aldehydes is 1. The molecule has 6 nitrogen and oxygen atoms in total. The SMILES string of the molecule is COC(=O)[C@]1(C)CC[C@]2(C)CC[C@]3(C)C4CC(=O)c5c(cc(O)c(O)c5C=O)[C@]4(C)CC[C@@]3(C)C2C1. The van der Waals surface area contributed by atoms with Gasteiger partial charge in [-0.2, -0.15) is 0 Å². The van der Waals surface area contributed by atoms with E-state index in [1.165, 1.54) is 13.2 Å². The number of phenols is 2. The van der Waals surface area contributed by atoms with Gasteiger partial charge in [0.25, 0.3) is 0 Å². The second kappa shape index (κ2) is 7.58. The van der Waals surface area contributed by atoms with Crippen molar-refractivity contribution in [1.82, 2.24) is 0 Å². The fourth-order valence-electron chi connectivity index (χ4n) is 9.52. The van der Waals surface area contributed by atoms with Crippen molar-refractivity contribution in [3.63, 3.8) is 0 Å². The van der Waals surface area contributed by atoms with Crippen LogP contribution < -0.4 is 0 Å². The molecule has 6 heteroatoms. The molecular weight excluding hydrogens is 456 g/mol. The van der Waals surface area contributed by atoms with Gasteiger partial charge in [-0.3, -0.25) is 14.4 Å². The number of carbonyl (C=O) groups excluding carboxylic acids is 3. The Morgan fingerprint density at radius 1 is 0.972 bits per heavy atom. The number of rotatable bonds is 2. The van der Waals surface area contributed by atoms with Crippen LogP contribution in [0.2, 0.25) is 0 Å². The maximum Gasteiger partial charge on any atom is 0.311 e. The van der Waals surface area contributed by atoms with Crippen LogP contribution in [0.3, 0.4) is 0 Å². The number of ketones is 1. The molecule has 0 bridgehead atoms. The van der Waals surface area contributed by atoms with E-state index in [4.69, 9.17) is 4.74 Å². The summed E-state index contributed by atoms with van der Waals surface area (Å²) in [5.74, 6) is -0.763. The first kappa shape index (κ1) is 25.3. The molecule has 0 heterocycles. The van der Waals surface area contributed by atoms with Crippen molar-refractivity contribution in [2.75, 3.05) is 7.11 Å². The van der Waals surface area contributed by atoms with Crippen LogP contribution in [0.5, 0.6) is 11.5 Å². The second-order valence-electron chi connectivity index (χ2n) is 13.6. The summed E-state index contributed by atoms with van der Waals surface area (Å²) in [7, 11) is 1.48. The van der Waals surface area contributed by atoms with Crippen LogP contribution in [0.4, 0.5) is 0 Å². The van der Waals surface area contributed by atoms with E-state index >= 15 is 0 Å². The van der Waals surface area contributed by atoms with Crippen molar-refractivity contribution in [2.45, 2.75) is 91.4 Å². The van der Waals surface area contributed by atoms with E-state index in [0.29, 0.717) is 24.2 Å². The maximum atomic E-state index is 13.6. The number of Topliss-reactive ketones (excluding diaryl/α,β-unsaturated/α-hetero) is 1. The van der Waals surface area contributed by atoms with Crippen LogP contribution in [-0.2, 0) is 14.9 Å². The molecule has 196 valence electrons. The Bertz CT molecular complexity index is 1170. The van der Waals surface area contributed by atoms with Crippen LogP contribution in [0, 0.1) is 33.5 Å². The molecule has 0 amide bonds. The van der Waals surface area contributed by atoms with Crippen LogP contribution in [0.1, 0.15) is 112 Å². The number of esters is 1. The van der Waals surface area contributed by atoms with Gasteiger partial charge in [-0.25, -0.2) is 0 Å². The zero-order chi connectivity index (χ0) is 26.5. The Kier molecular flexibility index (Phi) is 5.32. The van der Waals surface area contributed by atoms with Gasteiger partial charge in [-0.15, -0.1) is 0 Å². The van der Waals surface area contributed by atoms with Crippen LogP contribution in [-0.4, -0.2) is 35.4 Å². The third-order valence-corrected chi connectivity index (χ3v) is 12.1. The van der Waals surface area contributed by atoms with Gasteiger partial charge in [0, 0.05) is 12.0 Å². The van der Waals surface area contributed by atoms with Crippen LogP contribution >= 0.6 is 0 Å². The number of methoxy groups -OCH3 is 1. The third kappa shape index (κ3) is 2.93. The molecule has 0 aliphatic heterocycles. The molecule has 4 aliphatic carbocycles. The first-order valence-corrected chi connectivity index (χ1v) is 13.4. The highest BCUT2D eigenvalue weighted by Gasteiger charge is 2.69. The highest BCUT2D eigenvalue weighted by molar-refractivity contribution is 6.07. The van der Waals surface area contributed by atoms with Crippen molar-refractivity contribution in [1.29, 1.82) is 0 Å². The van der Waals surface area contributed by atoms with Gasteiger partial charge in [-0.05, 0) is 97.0 Å². The van der Waals surface area contributed by atoms with Crippen molar-refractivity contribution in [3.8, 4) is 11.5 Å². The topological polar surface area (TPSA) is 101 Å². The smallest absolute Gasteiger partial charge is 0.311 e. The Hall–Kier alpha value is -2.37. The summed E-state index contributed by atoms with van der Waals surface area (Å²) < 4.78 is 5.24. The summed E-state index contributed by atoms with van der Waals surface area (Å²) in [4.78, 5) is 38.3. The largest absolute Gasteiger partial charge is 0.504 e. The Morgan fingerprint density at radius 2 is 1.58 bits per heavy atom. The predicted molar refractivity (Wildman–Crippen MR) is 135 cm³/mol. The van der Waals surface area contributed by atoms with Gasteiger partial charge < -0.3 is 14.9 Å². The van der Waals surface area contributed by atoms with Crippen LogP contribution in [0.25, 0.3) is 0 Å². The van der Waals surface area contributed by atoms with Gasteiger partial charge in [-0.1, -0.05) is 27.7 Å². The first-order chi connectivity index (χ1) is 16.7. The van der Waals surface area contributed by atoms with E-state index in [9.17, 15) is 24.6 Å². The molecule has 2 unspecified atom stereocenters. The summed E-state index contributed by atoms with van der Waals surface area (Å²) in [5, 5.41) is 20.8. The molecule has 36 heavy (non-hydrogen) atoms. The lowest BCUT2D eigenvalue weighted by Crippen LogP contribution is -2.66. The molecule has 0 aromatic heterocycles. The molecule has 1 aromatic rings. The quantitative estimate of drug-likeness (QED) is 0.298. The molecule has 4 aliphatic rings. The van der Waals surface area contributed by atoms with Crippen molar-refractivity contribution < 1.29 is 29.3 Å². The number of benzene rings is 1. The zero-order valence-electron chi connectivity index (χ0n) is 22.5. The highest BCUT2D eigenvalue weighted by Crippen LogP contribution is 2.75. The molecule has 7 atom stereocenters. The first-order valence-electron chi connectivity index (χ1n) is 13.4. The van der Waals surface area contributed by atoms with Gasteiger partial charge in [0.2, 0.25) is 0 Å². The fourth-order valence-corrected chi connectivity index (χ4v) is 9.52. The Morgan fingerprint density at radius 3 is 2.22 bits per heavy atom. The summed E-state index contributed by atoms with van der Waals surface area (Å²) in [6, 6.07) is 1.52. The molecule has 3 saturated carbocycles. The number of fused-ring (bicyclic) bond motifs is 7. The standard InChI is InChI=1S/C30H40O6/c1-26-7-8-27(2,25(35)36-6)15-22(26)30(5)12-10-28(3)18-13-20(33)24(34)17(16-31)23(18)19(32)14-21(28)29(30,4)11-9-26/h13,16,21-22,33-34H,7-12,14-15H2,1-6H3/t21?,22?,26-,27-,28+,29-,30+/m1/s1. The number of carbonyl (C=O) groups is 3. The molecule has 1 aromatic carbocycles. The van der Waals surface area contributed by atoms with Gasteiger partial charge in [0.15, 0.2) is 23.6 Å². The third-order valence-electron chi connectivity index (χ3n) is 12.1. The average Bonchev–Trinajstić information content (AvgIpc) is 2.84. The summed E-state index contributed by atoms with van der Waals surface area (Å²) in [6.07, 6.45) is 7.23. The van der Waals surface area contributed by atoms with Gasteiger partial charge >= 0.3 is 5.97 Å². The number of hydrogen-bond donors (Lipinski definition) is 2. The highest BCUT2D eigenvalue weighted by atomic mass is 16.5. The van der Waals surface area contributed by atoms with E-state index in [1.807, 2.05) is 0 Å². The Balaban J connectivity index is 1.64. The summed E-state index contributed by atoms with van der Waals surface area (Å²) in [6.45, 7) is 11.4. The molecule has 0 saturated heterocycles. The average molecular weight is 497 g/mol. The predicted octanol–water partition coefficient (Wildman–Crippen LogP) is 5.96. The van der Waals surface area contributed by atoms with Gasteiger partial charge in [0.1, 0.15) is 0 Å². The van der Waals surface area contributed by atoms with Crippen LogP contribution in [0.15, 0.2) is 6.07 Å². The molecule has 3 fully saturated rings. The van der Waals surface area contributed by atoms with E-state index < -0.39 is 16.6 Å². The number of aromatic hydroxyl groups is 2. The van der Waals surface area contributed by atoms with E-state index in [0.717, 1.165) is 44.9 Å². The monoisotopic (exact) mass is 496 g/mol. The lowest BCUT2D eigenvalue weighted by atomic mass is 9.32. The van der Waals surface area contributed by atoms with E-state index in [2.05, 4.69) is 34.6 Å². The van der Waals surface area contributed by atoms with E-state index in [1.54, 1.807) is 0 Å². The second-order valence-corrected chi connectivity index (χ2v) is 13.6. The van der Waals surface area contributed by atoms with Gasteiger partial charge in [0.05, 0.1) is 18.1 Å². The molecule has 0 spiro atoms. The number of hydrogen-bond acceptors (Lipinski definition) is 6. The molecule has 2 N–H and O–H groups in total. The minimum absolute atomic E-state index is 0.0306. The maximum absolute atomic E-state index is 13.6. The van der Waals surface area contributed by atoms with Crippen molar-refractivity contribution in [2.24, 2.45) is 33.5 Å².